The van der Waals surface area contributed by atoms with Crippen LogP contribution in [-0.2, 0) is 20.9 Å². The molecule has 32 heavy (non-hydrogen) atoms. The number of fused-ring (bicyclic) bond motifs is 1. The van der Waals surface area contributed by atoms with Crippen molar-refractivity contribution in [1.29, 1.82) is 0 Å². The first-order valence-corrected chi connectivity index (χ1v) is 9.91. The zero-order valence-corrected chi connectivity index (χ0v) is 17.9. The summed E-state index contributed by atoms with van der Waals surface area (Å²) in [5, 5.41) is 3.05. The summed E-state index contributed by atoms with van der Waals surface area (Å²) in [7, 11) is 1.27. The van der Waals surface area contributed by atoms with Gasteiger partial charge in [0.25, 0.3) is 5.91 Å². The van der Waals surface area contributed by atoms with Crippen LogP contribution < -0.4 is 10.9 Å². The predicted octanol–water partition coefficient (Wildman–Crippen LogP) is 3.38. The van der Waals surface area contributed by atoms with E-state index in [1.807, 2.05) is 6.92 Å². The van der Waals surface area contributed by atoms with Gasteiger partial charge in [-0.2, -0.15) is 0 Å². The molecule has 0 spiro atoms. The molecule has 0 aliphatic carbocycles. The van der Waals surface area contributed by atoms with Gasteiger partial charge in [-0.1, -0.05) is 6.92 Å². The van der Waals surface area contributed by atoms with E-state index in [1.54, 1.807) is 6.92 Å². The lowest BCUT2D eigenvalue weighted by Crippen LogP contribution is -2.21. The van der Waals surface area contributed by atoms with E-state index in [9.17, 15) is 19.2 Å². The maximum absolute atomic E-state index is 12.7. The fourth-order valence-electron chi connectivity index (χ4n) is 3.00. The van der Waals surface area contributed by atoms with Crippen molar-refractivity contribution < 1.29 is 28.3 Å². The molecular weight excluding hydrogens is 416 g/mol. The van der Waals surface area contributed by atoms with Crippen molar-refractivity contribution in [2.45, 2.75) is 33.3 Å². The molecule has 2 aromatic heterocycles. The Morgan fingerprint density at radius 1 is 1.16 bits per heavy atom. The second-order valence-electron chi connectivity index (χ2n) is 6.99. The number of benzene rings is 1. The molecular formula is C23H22N2O7. The summed E-state index contributed by atoms with van der Waals surface area (Å²) < 4.78 is 15.2. The second-order valence-corrected chi connectivity index (χ2v) is 6.99. The van der Waals surface area contributed by atoms with E-state index in [4.69, 9.17) is 9.15 Å². The Labute approximate surface area is 183 Å². The molecule has 3 aromatic rings. The molecule has 0 bridgehead atoms. The monoisotopic (exact) mass is 438 g/mol. The van der Waals surface area contributed by atoms with Gasteiger partial charge in [0.2, 0.25) is 0 Å². The highest BCUT2D eigenvalue weighted by Crippen LogP contribution is 2.22. The summed E-state index contributed by atoms with van der Waals surface area (Å²) in [6.07, 6.45) is 2.46. The van der Waals surface area contributed by atoms with Crippen LogP contribution in [0.1, 0.15) is 51.7 Å². The number of ether oxygens (including phenoxy) is 2. The van der Waals surface area contributed by atoms with E-state index in [1.165, 1.54) is 43.6 Å². The molecule has 0 saturated heterocycles. The highest BCUT2D eigenvalue weighted by Gasteiger charge is 2.18. The van der Waals surface area contributed by atoms with Crippen molar-refractivity contribution in [1.82, 2.24) is 4.98 Å². The number of amides is 1. The third kappa shape index (κ3) is 5.00. The minimum atomic E-state index is -0.828. The summed E-state index contributed by atoms with van der Waals surface area (Å²) in [4.78, 5) is 52.6. The number of hydrogen-bond acceptors (Lipinski definition) is 8. The van der Waals surface area contributed by atoms with Crippen LogP contribution in [0.15, 0.2) is 45.7 Å². The number of methoxy groups -OCH3 is 1. The Hall–Kier alpha value is -4.01. The highest BCUT2D eigenvalue weighted by atomic mass is 16.5. The van der Waals surface area contributed by atoms with Crippen molar-refractivity contribution in [3.05, 3.63) is 69.3 Å². The summed E-state index contributed by atoms with van der Waals surface area (Å²) in [6.45, 7) is 3.47. The fraction of sp³-hybridized carbons (Fsp3) is 0.261. The smallest absolute Gasteiger partial charge is 0.349 e. The largest absolute Gasteiger partial charge is 0.465 e. The van der Waals surface area contributed by atoms with E-state index in [2.05, 4.69) is 15.0 Å². The van der Waals surface area contributed by atoms with Gasteiger partial charge in [-0.25, -0.2) is 9.59 Å². The Morgan fingerprint density at radius 2 is 1.88 bits per heavy atom. The molecule has 1 amide bonds. The molecule has 0 radical (unpaired) electrons. The number of anilines is 1. The number of rotatable bonds is 7. The van der Waals surface area contributed by atoms with E-state index < -0.39 is 17.5 Å². The first kappa shape index (κ1) is 22.7. The van der Waals surface area contributed by atoms with Gasteiger partial charge >= 0.3 is 17.6 Å². The van der Waals surface area contributed by atoms with Crippen LogP contribution in [0.5, 0.6) is 0 Å². The third-order valence-corrected chi connectivity index (χ3v) is 4.69. The molecule has 0 fully saturated rings. The first-order chi connectivity index (χ1) is 15.3. The van der Waals surface area contributed by atoms with E-state index in [-0.39, 0.29) is 30.1 Å². The van der Waals surface area contributed by atoms with Crippen molar-refractivity contribution in [3.8, 4) is 0 Å². The summed E-state index contributed by atoms with van der Waals surface area (Å²) >= 11 is 0. The quantitative estimate of drug-likeness (QED) is 0.557. The van der Waals surface area contributed by atoms with Crippen LogP contribution in [0.4, 0.5) is 5.69 Å². The van der Waals surface area contributed by atoms with Crippen LogP contribution in [-0.4, -0.2) is 29.9 Å². The molecule has 0 aliphatic rings. The summed E-state index contributed by atoms with van der Waals surface area (Å²) in [6, 6.07) is 7.40. The average Bonchev–Trinajstić information content (AvgIpc) is 2.78. The van der Waals surface area contributed by atoms with Crippen LogP contribution in [0, 0.1) is 6.92 Å². The van der Waals surface area contributed by atoms with Gasteiger partial charge in [0.15, 0.2) is 5.58 Å². The lowest BCUT2D eigenvalue weighted by molar-refractivity contribution is -0.144. The molecule has 1 N–H and O–H groups in total. The topological polar surface area (TPSA) is 125 Å². The molecule has 2 heterocycles. The standard InChI is InChI=1S/C23H22N2O7/c1-4-5-19(26)31-12-15-11-24-13(2)20-17(15)10-18(23(29)32-20)21(27)25-16-8-6-14(7-9-16)22(28)30-3/h6-11H,4-5,12H2,1-3H3,(H,25,27). The minimum absolute atomic E-state index is 0.0631. The summed E-state index contributed by atoms with van der Waals surface area (Å²) in [5.74, 6) is -1.55. The Morgan fingerprint density at radius 3 is 2.53 bits per heavy atom. The second kappa shape index (κ2) is 9.86. The van der Waals surface area contributed by atoms with Gasteiger partial charge in [-0.05, 0) is 43.7 Å². The van der Waals surface area contributed by atoms with E-state index >= 15 is 0 Å². The number of nitrogens with zero attached hydrogens (tertiary/aromatic N) is 1. The van der Waals surface area contributed by atoms with Crippen molar-refractivity contribution >= 4 is 34.5 Å². The number of pyridine rings is 1. The van der Waals surface area contributed by atoms with Crippen molar-refractivity contribution in [3.63, 3.8) is 0 Å². The predicted molar refractivity (Wildman–Crippen MR) is 115 cm³/mol. The van der Waals surface area contributed by atoms with Crippen molar-refractivity contribution in [2.24, 2.45) is 0 Å². The zero-order chi connectivity index (χ0) is 23.3. The summed E-state index contributed by atoms with van der Waals surface area (Å²) in [5.41, 5.74) is 0.842. The van der Waals surface area contributed by atoms with Crippen LogP contribution >= 0.6 is 0 Å². The molecule has 166 valence electrons. The van der Waals surface area contributed by atoms with Gasteiger partial charge in [0.1, 0.15) is 12.2 Å². The maximum Gasteiger partial charge on any atom is 0.349 e. The van der Waals surface area contributed by atoms with Gasteiger partial charge in [-0.3, -0.25) is 14.6 Å². The Kier molecular flexibility index (Phi) is 6.99. The highest BCUT2D eigenvalue weighted by molar-refractivity contribution is 6.06. The molecule has 9 heteroatoms. The third-order valence-electron chi connectivity index (χ3n) is 4.69. The molecule has 0 atom stereocenters. The minimum Gasteiger partial charge on any atom is -0.465 e. The maximum atomic E-state index is 12.7. The SMILES string of the molecule is CCCC(=O)OCc1cnc(C)c2oc(=O)c(C(=O)Nc3ccc(C(=O)OC)cc3)cc12. The number of aryl methyl sites for hydroxylation is 1. The Bertz CT molecular complexity index is 1230. The number of nitrogens with one attached hydrogen (secondary N) is 1. The molecule has 9 nitrogen and oxygen atoms in total. The van der Waals surface area contributed by atoms with Gasteiger partial charge in [0, 0.05) is 29.3 Å². The van der Waals surface area contributed by atoms with Gasteiger partial charge in [0.05, 0.1) is 18.4 Å². The van der Waals surface area contributed by atoms with E-state index in [0.717, 1.165) is 0 Å². The van der Waals surface area contributed by atoms with Crippen LogP contribution in [0.3, 0.4) is 0 Å². The normalized spacial score (nSPS) is 10.6. The lowest BCUT2D eigenvalue weighted by atomic mass is 10.1. The molecule has 0 unspecified atom stereocenters. The number of carbonyl (C=O) groups excluding carboxylic acids is 3. The average molecular weight is 438 g/mol. The van der Waals surface area contributed by atoms with Crippen LogP contribution in [0.25, 0.3) is 11.0 Å². The van der Waals surface area contributed by atoms with Gasteiger partial charge < -0.3 is 19.2 Å². The lowest BCUT2D eigenvalue weighted by Gasteiger charge is -2.10. The fourth-order valence-corrected chi connectivity index (χ4v) is 3.00. The molecule has 1 aromatic carbocycles. The van der Waals surface area contributed by atoms with Crippen LogP contribution in [0.2, 0.25) is 0 Å². The molecule has 0 saturated carbocycles. The number of carbonyl (C=O) groups is 3. The number of esters is 2. The van der Waals surface area contributed by atoms with E-state index in [0.29, 0.717) is 34.3 Å². The number of hydrogen-bond donors (Lipinski definition) is 1. The molecule has 3 rings (SSSR count). The molecule has 0 aliphatic heterocycles. The zero-order valence-electron chi connectivity index (χ0n) is 17.9. The van der Waals surface area contributed by atoms with Crippen molar-refractivity contribution in [2.75, 3.05) is 12.4 Å². The first-order valence-electron chi connectivity index (χ1n) is 9.91. The number of aromatic nitrogens is 1. The Balaban J connectivity index is 1.90. The van der Waals surface area contributed by atoms with Gasteiger partial charge in [-0.15, -0.1) is 0 Å².